The van der Waals surface area contributed by atoms with Crippen LogP contribution in [0.15, 0.2) is 72.3 Å². The summed E-state index contributed by atoms with van der Waals surface area (Å²) in [5.74, 6) is -1.86. The molecule has 0 spiro atoms. The van der Waals surface area contributed by atoms with Crippen molar-refractivity contribution >= 4 is 11.7 Å². The molecule has 1 aliphatic heterocycles. The fourth-order valence-electron chi connectivity index (χ4n) is 2.42. The Labute approximate surface area is 133 Å². The van der Waals surface area contributed by atoms with Crippen molar-refractivity contribution in [3.8, 4) is 0 Å². The van der Waals surface area contributed by atoms with E-state index in [2.05, 4.69) is 5.32 Å². The highest BCUT2D eigenvalue weighted by Crippen LogP contribution is 2.36. The largest absolute Gasteiger partial charge is 0.501 e. The second-order valence-electron chi connectivity index (χ2n) is 5.33. The van der Waals surface area contributed by atoms with Crippen molar-refractivity contribution in [2.75, 3.05) is 0 Å². The van der Waals surface area contributed by atoms with E-state index in [0.29, 0.717) is 11.1 Å². The van der Waals surface area contributed by atoms with Crippen LogP contribution in [0.3, 0.4) is 0 Å². The molecule has 2 aromatic carbocycles. The SMILES string of the molecule is CC1(c2ccccc2)OC(NC(=O)c2ccccc2)=C(O)C1=O. The van der Waals surface area contributed by atoms with Crippen LogP contribution in [0.1, 0.15) is 22.8 Å². The zero-order valence-electron chi connectivity index (χ0n) is 12.4. The summed E-state index contributed by atoms with van der Waals surface area (Å²) in [5.41, 5.74) is -0.359. The van der Waals surface area contributed by atoms with Crippen molar-refractivity contribution in [2.24, 2.45) is 0 Å². The minimum atomic E-state index is -1.36. The number of aliphatic hydroxyl groups is 1. The molecule has 23 heavy (non-hydrogen) atoms. The Morgan fingerprint density at radius 2 is 1.61 bits per heavy atom. The molecule has 0 fully saturated rings. The number of amides is 1. The second kappa shape index (κ2) is 5.61. The van der Waals surface area contributed by atoms with E-state index in [1.165, 1.54) is 0 Å². The first kappa shape index (κ1) is 14.8. The number of hydrogen-bond donors (Lipinski definition) is 2. The number of Topliss-reactive ketones (excluding diaryl/α,β-unsaturated/α-hetero) is 1. The number of carbonyl (C=O) groups excluding carboxylic acids is 2. The van der Waals surface area contributed by atoms with Gasteiger partial charge in [0.15, 0.2) is 5.60 Å². The second-order valence-corrected chi connectivity index (χ2v) is 5.33. The number of nitrogens with one attached hydrogen (secondary N) is 1. The summed E-state index contributed by atoms with van der Waals surface area (Å²) in [6.45, 7) is 1.56. The van der Waals surface area contributed by atoms with Gasteiger partial charge in [-0.1, -0.05) is 48.5 Å². The number of ketones is 1. The molecule has 1 heterocycles. The molecule has 5 nitrogen and oxygen atoms in total. The maximum atomic E-state index is 12.4. The van der Waals surface area contributed by atoms with E-state index in [0.717, 1.165) is 0 Å². The Kier molecular flexibility index (Phi) is 3.62. The standard InChI is InChI=1S/C18H15NO4/c1-18(13-10-6-3-7-11-13)15(21)14(20)17(23-18)19-16(22)12-8-4-2-5-9-12/h2-11,20H,1H3,(H,19,22). The van der Waals surface area contributed by atoms with E-state index in [1.807, 2.05) is 6.07 Å². The number of benzene rings is 2. The van der Waals surface area contributed by atoms with Crippen LogP contribution in [0.4, 0.5) is 0 Å². The van der Waals surface area contributed by atoms with Crippen LogP contribution in [0.2, 0.25) is 0 Å². The molecule has 0 radical (unpaired) electrons. The van der Waals surface area contributed by atoms with Gasteiger partial charge in [0.1, 0.15) is 0 Å². The maximum Gasteiger partial charge on any atom is 0.258 e. The Hall–Kier alpha value is -3.08. The van der Waals surface area contributed by atoms with Crippen LogP contribution in [-0.2, 0) is 15.1 Å². The van der Waals surface area contributed by atoms with Gasteiger partial charge in [0.25, 0.3) is 11.7 Å². The van der Waals surface area contributed by atoms with Gasteiger partial charge in [-0.3, -0.25) is 14.9 Å². The number of carbonyl (C=O) groups is 2. The summed E-state index contributed by atoms with van der Waals surface area (Å²) in [5, 5.41) is 12.5. The molecule has 2 aromatic rings. The van der Waals surface area contributed by atoms with E-state index in [4.69, 9.17) is 4.74 Å². The Morgan fingerprint density at radius 1 is 1.04 bits per heavy atom. The Bertz CT molecular complexity index is 783. The first-order chi connectivity index (χ1) is 11.0. The molecule has 5 heteroatoms. The summed E-state index contributed by atoms with van der Waals surface area (Å²) >= 11 is 0. The Balaban J connectivity index is 1.85. The van der Waals surface area contributed by atoms with Gasteiger partial charge in [0, 0.05) is 11.1 Å². The van der Waals surface area contributed by atoms with Gasteiger partial charge in [-0.15, -0.1) is 0 Å². The molecule has 0 aliphatic carbocycles. The molecule has 1 amide bonds. The smallest absolute Gasteiger partial charge is 0.258 e. The van der Waals surface area contributed by atoms with Gasteiger partial charge in [-0.2, -0.15) is 0 Å². The lowest BCUT2D eigenvalue weighted by Crippen LogP contribution is -2.32. The van der Waals surface area contributed by atoms with Crippen LogP contribution < -0.4 is 5.32 Å². The average molecular weight is 309 g/mol. The number of aliphatic hydroxyl groups excluding tert-OH is 1. The molecular formula is C18H15NO4. The van der Waals surface area contributed by atoms with Crippen LogP contribution in [0.5, 0.6) is 0 Å². The first-order valence-corrected chi connectivity index (χ1v) is 7.11. The van der Waals surface area contributed by atoms with Gasteiger partial charge in [0.2, 0.25) is 11.6 Å². The van der Waals surface area contributed by atoms with E-state index in [9.17, 15) is 14.7 Å². The van der Waals surface area contributed by atoms with Crippen molar-refractivity contribution in [1.82, 2.24) is 5.32 Å². The normalized spacial score (nSPS) is 20.3. The predicted molar refractivity (Wildman–Crippen MR) is 83.4 cm³/mol. The van der Waals surface area contributed by atoms with Crippen LogP contribution in [0, 0.1) is 0 Å². The molecule has 1 unspecified atom stereocenters. The zero-order chi connectivity index (χ0) is 16.4. The van der Waals surface area contributed by atoms with E-state index < -0.39 is 23.1 Å². The average Bonchev–Trinajstić information content (AvgIpc) is 2.81. The molecule has 1 aliphatic rings. The van der Waals surface area contributed by atoms with Crippen molar-refractivity contribution in [2.45, 2.75) is 12.5 Å². The Morgan fingerprint density at radius 3 is 2.22 bits per heavy atom. The number of ether oxygens (including phenoxy) is 1. The minimum absolute atomic E-state index is 0.227. The summed E-state index contributed by atoms with van der Waals surface area (Å²) in [4.78, 5) is 24.5. The van der Waals surface area contributed by atoms with Crippen molar-refractivity contribution in [3.05, 3.63) is 83.4 Å². The minimum Gasteiger partial charge on any atom is -0.501 e. The molecule has 0 saturated heterocycles. The van der Waals surface area contributed by atoms with Crippen LogP contribution >= 0.6 is 0 Å². The van der Waals surface area contributed by atoms with Gasteiger partial charge >= 0.3 is 0 Å². The van der Waals surface area contributed by atoms with Crippen molar-refractivity contribution in [3.63, 3.8) is 0 Å². The summed E-state index contributed by atoms with van der Waals surface area (Å²) in [6, 6.07) is 17.3. The third-order valence-electron chi connectivity index (χ3n) is 3.76. The molecular weight excluding hydrogens is 294 g/mol. The lowest BCUT2D eigenvalue weighted by Gasteiger charge is -2.23. The summed E-state index contributed by atoms with van der Waals surface area (Å²) in [7, 11) is 0. The highest BCUT2D eigenvalue weighted by Gasteiger charge is 2.48. The zero-order valence-corrected chi connectivity index (χ0v) is 12.4. The van der Waals surface area contributed by atoms with Crippen LogP contribution in [0.25, 0.3) is 0 Å². The first-order valence-electron chi connectivity index (χ1n) is 7.11. The van der Waals surface area contributed by atoms with E-state index in [-0.39, 0.29) is 5.88 Å². The molecule has 2 N–H and O–H groups in total. The van der Waals surface area contributed by atoms with E-state index >= 15 is 0 Å². The third-order valence-corrected chi connectivity index (χ3v) is 3.76. The number of hydrogen-bond acceptors (Lipinski definition) is 4. The fraction of sp³-hybridized carbons (Fsp3) is 0.111. The highest BCUT2D eigenvalue weighted by atomic mass is 16.5. The topological polar surface area (TPSA) is 75.6 Å². The molecule has 3 rings (SSSR count). The lowest BCUT2D eigenvalue weighted by molar-refractivity contribution is -0.131. The predicted octanol–water partition coefficient (Wildman–Crippen LogP) is 2.66. The van der Waals surface area contributed by atoms with Crippen molar-refractivity contribution < 1.29 is 19.4 Å². The summed E-state index contributed by atoms with van der Waals surface area (Å²) in [6.07, 6.45) is 0. The molecule has 0 aromatic heterocycles. The molecule has 0 bridgehead atoms. The van der Waals surface area contributed by atoms with Gasteiger partial charge in [-0.25, -0.2) is 0 Å². The third kappa shape index (κ3) is 2.57. The van der Waals surface area contributed by atoms with E-state index in [1.54, 1.807) is 61.5 Å². The van der Waals surface area contributed by atoms with Gasteiger partial charge in [0.05, 0.1) is 0 Å². The lowest BCUT2D eigenvalue weighted by atomic mass is 9.92. The molecule has 116 valence electrons. The maximum absolute atomic E-state index is 12.4. The van der Waals surface area contributed by atoms with Crippen molar-refractivity contribution in [1.29, 1.82) is 0 Å². The molecule has 1 atom stereocenters. The van der Waals surface area contributed by atoms with Gasteiger partial charge < -0.3 is 9.84 Å². The quantitative estimate of drug-likeness (QED) is 0.914. The fourth-order valence-corrected chi connectivity index (χ4v) is 2.42. The summed E-state index contributed by atoms with van der Waals surface area (Å²) < 4.78 is 5.60. The van der Waals surface area contributed by atoms with Gasteiger partial charge in [-0.05, 0) is 19.1 Å². The monoisotopic (exact) mass is 309 g/mol. The molecule has 0 saturated carbocycles. The number of rotatable bonds is 3. The highest BCUT2D eigenvalue weighted by molar-refractivity contribution is 6.04. The van der Waals surface area contributed by atoms with Crippen LogP contribution in [-0.4, -0.2) is 16.8 Å².